The number of para-hydroxylation sites is 2. The predicted octanol–water partition coefficient (Wildman–Crippen LogP) is 1.66. The van der Waals surface area contributed by atoms with Crippen molar-refractivity contribution in [3.63, 3.8) is 0 Å². The summed E-state index contributed by atoms with van der Waals surface area (Å²) in [6.07, 6.45) is 2.03. The fraction of sp³-hybridized carbons (Fsp3) is 0.429. The monoisotopic (exact) mass is 429 g/mol. The summed E-state index contributed by atoms with van der Waals surface area (Å²) in [4.78, 5) is 53.6. The van der Waals surface area contributed by atoms with Gasteiger partial charge in [-0.05, 0) is 25.0 Å². The van der Waals surface area contributed by atoms with Gasteiger partial charge in [-0.15, -0.1) is 0 Å². The summed E-state index contributed by atoms with van der Waals surface area (Å²) in [7, 11) is 0. The number of carbonyl (C=O) groups is 1. The van der Waals surface area contributed by atoms with Crippen molar-refractivity contribution in [1.29, 1.82) is 0 Å². The molecule has 3 rings (SSSR count). The number of nitrogens with one attached hydrogen (secondary N) is 1. The number of hydrogen-bond acceptors (Lipinski definition) is 6. The Balaban J connectivity index is 1.94. The van der Waals surface area contributed by atoms with Crippen molar-refractivity contribution in [1.82, 2.24) is 14.1 Å². The molecule has 0 saturated heterocycles. The fourth-order valence-electron chi connectivity index (χ4n) is 3.53. The van der Waals surface area contributed by atoms with Crippen LogP contribution in [0.4, 0.5) is 11.5 Å². The average molecular weight is 429 g/mol. The molecule has 1 aromatic carbocycles. The SMILES string of the molecule is CCCCN(C(=O)CCn1c(=O)oc2ccccc21)c1c(N)n(CCC)c(=O)[nH]c1=O. The summed E-state index contributed by atoms with van der Waals surface area (Å²) in [5, 5.41) is 0. The lowest BCUT2D eigenvalue weighted by Crippen LogP contribution is -2.42. The van der Waals surface area contributed by atoms with Crippen LogP contribution in [-0.4, -0.2) is 26.6 Å². The number of oxazole rings is 1. The number of unbranched alkanes of at least 4 members (excludes halogenated alkanes) is 1. The van der Waals surface area contributed by atoms with Crippen LogP contribution in [0.5, 0.6) is 0 Å². The van der Waals surface area contributed by atoms with E-state index in [1.54, 1.807) is 24.3 Å². The van der Waals surface area contributed by atoms with E-state index in [9.17, 15) is 19.2 Å². The summed E-state index contributed by atoms with van der Waals surface area (Å²) in [6.45, 7) is 4.52. The normalized spacial score (nSPS) is 11.2. The molecule has 2 heterocycles. The zero-order valence-electron chi connectivity index (χ0n) is 17.7. The van der Waals surface area contributed by atoms with Crippen LogP contribution in [0.2, 0.25) is 0 Å². The Labute approximate surface area is 177 Å². The third kappa shape index (κ3) is 4.47. The number of amides is 1. The molecule has 0 bridgehead atoms. The van der Waals surface area contributed by atoms with E-state index in [1.807, 2.05) is 13.8 Å². The quantitative estimate of drug-likeness (QED) is 0.531. The lowest BCUT2D eigenvalue weighted by molar-refractivity contribution is -0.118. The Morgan fingerprint density at radius 3 is 2.55 bits per heavy atom. The maximum absolute atomic E-state index is 13.1. The van der Waals surface area contributed by atoms with E-state index in [2.05, 4.69) is 4.98 Å². The number of aromatic amines is 1. The van der Waals surface area contributed by atoms with Gasteiger partial charge in [0.2, 0.25) is 5.91 Å². The van der Waals surface area contributed by atoms with E-state index in [0.717, 1.165) is 6.42 Å². The number of nitrogens with two attached hydrogens (primary N) is 1. The maximum Gasteiger partial charge on any atom is 0.419 e. The molecule has 166 valence electrons. The van der Waals surface area contributed by atoms with Crippen molar-refractivity contribution in [2.45, 2.75) is 52.6 Å². The Morgan fingerprint density at radius 1 is 1.10 bits per heavy atom. The molecule has 10 heteroatoms. The Bertz CT molecular complexity index is 1250. The molecule has 3 aromatic rings. The third-order valence-corrected chi connectivity index (χ3v) is 5.09. The number of aromatic nitrogens is 3. The van der Waals surface area contributed by atoms with Gasteiger partial charge in [0.15, 0.2) is 11.3 Å². The summed E-state index contributed by atoms with van der Waals surface area (Å²) in [5.74, 6) is -0.960. The number of H-pyrrole nitrogens is 1. The van der Waals surface area contributed by atoms with Crippen LogP contribution in [0.25, 0.3) is 11.1 Å². The zero-order chi connectivity index (χ0) is 22.5. The topological polar surface area (TPSA) is 136 Å². The zero-order valence-corrected chi connectivity index (χ0v) is 17.7. The number of nitrogen functional groups attached to an aromatic ring is 1. The second kappa shape index (κ2) is 9.50. The van der Waals surface area contributed by atoms with Gasteiger partial charge in [0.25, 0.3) is 5.56 Å². The number of rotatable bonds is 9. The molecule has 3 N–H and O–H groups in total. The van der Waals surface area contributed by atoms with Gasteiger partial charge in [-0.25, -0.2) is 9.59 Å². The summed E-state index contributed by atoms with van der Waals surface area (Å²) >= 11 is 0. The van der Waals surface area contributed by atoms with Gasteiger partial charge in [-0.2, -0.15) is 0 Å². The smallest absolute Gasteiger partial charge is 0.408 e. The highest BCUT2D eigenvalue weighted by Crippen LogP contribution is 2.19. The van der Waals surface area contributed by atoms with Crippen LogP contribution in [0.1, 0.15) is 39.5 Å². The number of nitrogens with zero attached hydrogens (tertiary/aromatic N) is 3. The fourth-order valence-corrected chi connectivity index (χ4v) is 3.53. The van der Waals surface area contributed by atoms with Crippen molar-refractivity contribution < 1.29 is 9.21 Å². The second-order valence-electron chi connectivity index (χ2n) is 7.28. The molecule has 0 aliphatic rings. The second-order valence-corrected chi connectivity index (χ2v) is 7.28. The van der Waals surface area contributed by atoms with E-state index < -0.39 is 17.0 Å². The molecule has 0 fully saturated rings. The van der Waals surface area contributed by atoms with Gasteiger partial charge in [0.05, 0.1) is 5.52 Å². The Morgan fingerprint density at radius 2 is 1.84 bits per heavy atom. The lowest BCUT2D eigenvalue weighted by Gasteiger charge is -2.24. The van der Waals surface area contributed by atoms with Crippen molar-refractivity contribution in [2.24, 2.45) is 0 Å². The molecule has 2 aromatic heterocycles. The van der Waals surface area contributed by atoms with Gasteiger partial charge < -0.3 is 15.1 Å². The van der Waals surface area contributed by atoms with Gasteiger partial charge in [-0.3, -0.25) is 23.7 Å². The first-order chi connectivity index (χ1) is 14.9. The third-order valence-electron chi connectivity index (χ3n) is 5.09. The van der Waals surface area contributed by atoms with E-state index in [4.69, 9.17) is 10.2 Å². The Hall–Kier alpha value is -3.56. The molecule has 0 saturated carbocycles. The minimum atomic E-state index is -0.703. The number of benzene rings is 1. The lowest BCUT2D eigenvalue weighted by atomic mass is 10.2. The molecule has 1 amide bonds. The molecular weight excluding hydrogens is 402 g/mol. The highest BCUT2D eigenvalue weighted by atomic mass is 16.4. The van der Waals surface area contributed by atoms with Crippen LogP contribution >= 0.6 is 0 Å². The van der Waals surface area contributed by atoms with E-state index in [1.165, 1.54) is 14.0 Å². The average Bonchev–Trinajstić information content (AvgIpc) is 3.06. The first-order valence-electron chi connectivity index (χ1n) is 10.4. The molecular formula is C21H27N5O5. The van der Waals surface area contributed by atoms with Crippen LogP contribution in [0.3, 0.4) is 0 Å². The van der Waals surface area contributed by atoms with Crippen LogP contribution in [-0.2, 0) is 17.9 Å². The van der Waals surface area contributed by atoms with Crippen LogP contribution in [0.15, 0.2) is 43.1 Å². The molecule has 10 nitrogen and oxygen atoms in total. The molecule has 0 aliphatic carbocycles. The molecule has 0 spiro atoms. The van der Waals surface area contributed by atoms with Gasteiger partial charge in [0.1, 0.15) is 5.82 Å². The highest BCUT2D eigenvalue weighted by molar-refractivity contribution is 5.95. The van der Waals surface area contributed by atoms with Crippen molar-refractivity contribution in [2.75, 3.05) is 17.2 Å². The molecule has 0 atom stereocenters. The number of anilines is 2. The standard InChI is InChI=1S/C21H27N5O5/c1-3-5-12-25(17-18(22)26(11-4-2)20(29)23-19(17)28)16(27)10-13-24-14-8-6-7-9-15(14)31-21(24)30/h6-9H,3-5,10-13,22H2,1-2H3,(H,23,28,29). The molecule has 0 radical (unpaired) electrons. The van der Waals surface area contributed by atoms with E-state index in [-0.39, 0.29) is 36.9 Å². The first-order valence-corrected chi connectivity index (χ1v) is 10.4. The van der Waals surface area contributed by atoms with E-state index >= 15 is 0 Å². The van der Waals surface area contributed by atoms with Gasteiger partial charge in [0, 0.05) is 26.1 Å². The molecule has 0 aliphatic heterocycles. The van der Waals surface area contributed by atoms with Crippen LogP contribution in [0, 0.1) is 0 Å². The summed E-state index contributed by atoms with van der Waals surface area (Å²) in [5.41, 5.74) is 5.84. The number of carbonyl (C=O) groups excluding carboxylic acids is 1. The molecule has 31 heavy (non-hydrogen) atoms. The largest absolute Gasteiger partial charge is 0.419 e. The van der Waals surface area contributed by atoms with Gasteiger partial charge >= 0.3 is 11.4 Å². The van der Waals surface area contributed by atoms with Crippen LogP contribution < -0.4 is 27.6 Å². The van der Waals surface area contributed by atoms with Crippen molar-refractivity contribution in [3.05, 3.63) is 55.7 Å². The van der Waals surface area contributed by atoms with Crippen molar-refractivity contribution in [3.8, 4) is 0 Å². The summed E-state index contributed by atoms with van der Waals surface area (Å²) < 4.78 is 7.85. The first kappa shape index (κ1) is 22.1. The van der Waals surface area contributed by atoms with E-state index in [0.29, 0.717) is 30.5 Å². The minimum absolute atomic E-state index is 0.0316. The van der Waals surface area contributed by atoms with Crippen molar-refractivity contribution >= 4 is 28.5 Å². The molecule has 0 unspecified atom stereocenters. The Kier molecular flexibility index (Phi) is 6.78. The number of aryl methyl sites for hydroxylation is 1. The maximum atomic E-state index is 13.1. The number of fused-ring (bicyclic) bond motifs is 1. The highest BCUT2D eigenvalue weighted by Gasteiger charge is 2.24. The predicted molar refractivity (Wildman–Crippen MR) is 118 cm³/mol. The summed E-state index contributed by atoms with van der Waals surface area (Å²) in [6, 6.07) is 6.95. The van der Waals surface area contributed by atoms with Gasteiger partial charge in [-0.1, -0.05) is 32.4 Å². The minimum Gasteiger partial charge on any atom is -0.408 e. The number of hydrogen-bond donors (Lipinski definition) is 2.